The molecule has 3 N–H and O–H groups in total. The smallest absolute Gasteiger partial charge is 0.260 e. The van der Waals surface area contributed by atoms with Gasteiger partial charge < -0.3 is 29.7 Å². The molecule has 328 valence electrons. The number of hydrogen-bond donors (Lipinski definition) is 3. The number of piperidine rings is 2. The maximum absolute atomic E-state index is 13.0. The average Bonchev–Trinajstić information content (AvgIpc) is 3.71. The molecule has 1 unspecified atom stereocenters. The lowest BCUT2D eigenvalue weighted by Gasteiger charge is -2.37. The Morgan fingerprint density at radius 2 is 1.57 bits per heavy atom. The van der Waals surface area contributed by atoms with Crippen molar-refractivity contribution in [3.8, 4) is 5.75 Å². The van der Waals surface area contributed by atoms with Crippen molar-refractivity contribution in [1.29, 1.82) is 0 Å². The first-order valence-corrected chi connectivity index (χ1v) is 22.5. The monoisotopic (exact) mass is 892 g/mol. The summed E-state index contributed by atoms with van der Waals surface area (Å²) in [6, 6.07) is 20.8. The number of benzene rings is 3. The molecule has 3 aromatic carbocycles. The fourth-order valence-corrected chi connectivity index (χ4v) is 9.69. The number of fused-ring (bicyclic) bond motifs is 1. The predicted octanol–water partition coefficient (Wildman–Crippen LogP) is 6.36. The fourth-order valence-electron chi connectivity index (χ4n) is 9.12. The van der Waals surface area contributed by atoms with Gasteiger partial charge in [0.25, 0.3) is 11.8 Å². The van der Waals surface area contributed by atoms with Crippen LogP contribution < -0.4 is 25.6 Å². The van der Waals surface area contributed by atoms with Crippen LogP contribution in [0.2, 0.25) is 10.0 Å². The van der Waals surface area contributed by atoms with Gasteiger partial charge in [0, 0.05) is 69.1 Å². The summed E-state index contributed by atoms with van der Waals surface area (Å²) in [5, 5.41) is 9.54. The summed E-state index contributed by atoms with van der Waals surface area (Å²) in [6.07, 6.45) is 8.77. The van der Waals surface area contributed by atoms with Crippen LogP contribution in [0, 0.1) is 5.92 Å². The van der Waals surface area contributed by atoms with E-state index in [0.717, 1.165) is 94.8 Å². The Labute approximate surface area is 375 Å². The summed E-state index contributed by atoms with van der Waals surface area (Å²) >= 11 is 12.5. The highest BCUT2D eigenvalue weighted by Gasteiger charge is 2.34. The number of carbonyl (C=O) groups is 4. The van der Waals surface area contributed by atoms with Gasteiger partial charge in [-0.1, -0.05) is 41.4 Å². The van der Waals surface area contributed by atoms with Gasteiger partial charge in [-0.2, -0.15) is 0 Å². The number of carbonyl (C=O) groups excluding carboxylic acids is 4. The highest BCUT2D eigenvalue weighted by molar-refractivity contribution is 6.39. The van der Waals surface area contributed by atoms with Gasteiger partial charge >= 0.3 is 0 Å². The molecule has 1 saturated carbocycles. The molecule has 4 aliphatic rings. The number of imidazole rings is 1. The molecule has 17 heteroatoms. The van der Waals surface area contributed by atoms with E-state index in [1.54, 1.807) is 43.0 Å². The minimum atomic E-state index is -0.344. The van der Waals surface area contributed by atoms with Gasteiger partial charge in [-0.25, -0.2) is 15.0 Å². The quantitative estimate of drug-likeness (QED) is 0.113. The Morgan fingerprint density at radius 3 is 2.29 bits per heavy atom. The zero-order valence-corrected chi connectivity index (χ0v) is 36.4. The Hall–Kier alpha value is -5.77. The van der Waals surface area contributed by atoms with Gasteiger partial charge in [0.1, 0.15) is 12.1 Å². The Morgan fingerprint density at radius 1 is 0.841 bits per heavy atom. The van der Waals surface area contributed by atoms with Crippen LogP contribution in [0.3, 0.4) is 0 Å². The van der Waals surface area contributed by atoms with E-state index in [1.165, 1.54) is 5.69 Å². The molecule has 0 spiro atoms. The Balaban J connectivity index is 0.677. The van der Waals surface area contributed by atoms with Gasteiger partial charge in [0.15, 0.2) is 23.6 Å². The highest BCUT2D eigenvalue weighted by Crippen LogP contribution is 2.36. The van der Waals surface area contributed by atoms with Gasteiger partial charge in [0.05, 0.1) is 27.9 Å². The van der Waals surface area contributed by atoms with E-state index in [1.807, 2.05) is 17.0 Å². The van der Waals surface area contributed by atoms with E-state index < -0.39 is 0 Å². The van der Waals surface area contributed by atoms with Crippen LogP contribution in [0.5, 0.6) is 5.75 Å². The van der Waals surface area contributed by atoms with Crippen LogP contribution >= 0.6 is 23.2 Å². The summed E-state index contributed by atoms with van der Waals surface area (Å²) < 4.78 is 7.85. The lowest BCUT2D eigenvalue weighted by atomic mass is 9.86. The third kappa shape index (κ3) is 9.75. The van der Waals surface area contributed by atoms with Crippen molar-refractivity contribution in [2.75, 3.05) is 62.6 Å². The summed E-state index contributed by atoms with van der Waals surface area (Å²) in [4.78, 5) is 70.1. The molecule has 1 atom stereocenters. The largest absolute Gasteiger partial charge is 0.484 e. The number of aromatic nitrogens is 4. The van der Waals surface area contributed by atoms with Gasteiger partial charge in [-0.15, -0.1) is 0 Å². The molecule has 15 nitrogen and oxygen atoms in total. The number of amides is 4. The first-order chi connectivity index (χ1) is 30.6. The number of rotatable bonds is 13. The number of anilines is 3. The van der Waals surface area contributed by atoms with Gasteiger partial charge in [-0.3, -0.25) is 29.4 Å². The minimum absolute atomic E-state index is 0.00735. The van der Waals surface area contributed by atoms with Gasteiger partial charge in [-0.05, 0) is 105 Å². The summed E-state index contributed by atoms with van der Waals surface area (Å²) in [5.41, 5.74) is 4.66. The zero-order chi connectivity index (χ0) is 43.5. The van der Waals surface area contributed by atoms with Crippen molar-refractivity contribution in [3.05, 3.63) is 101 Å². The normalized spacial score (nSPS) is 20.9. The third-order valence-corrected chi connectivity index (χ3v) is 13.6. The topological polar surface area (TPSA) is 167 Å². The van der Waals surface area contributed by atoms with Crippen LogP contribution in [0.1, 0.15) is 72.8 Å². The van der Waals surface area contributed by atoms with Crippen molar-refractivity contribution in [3.63, 3.8) is 0 Å². The standard InChI is InChI=1S/C46H50Cl2N10O5/c47-37-2-1-3-38(48)41(37)46(62)53-32-24-34(25-32)58-28-51-42-43(49-27-50-44(42)58)52-31-6-8-33(9-7-31)56-22-20-55(21-23-56)17-14-29-15-18-57(19-16-29)40(60)26-63-35-10-4-30(5-11-35)36-12-13-39(59)54-45(36)61/h1-11,27-29,32,34,36H,12-26H2,(H,53,62)(H,49,50,52)(H,54,59,61). The summed E-state index contributed by atoms with van der Waals surface area (Å²) in [6.45, 7) is 6.48. The lowest BCUT2D eigenvalue weighted by Crippen LogP contribution is -2.47. The number of piperazine rings is 1. The van der Waals surface area contributed by atoms with Crippen molar-refractivity contribution < 1.29 is 23.9 Å². The molecule has 4 fully saturated rings. The molecule has 1 aliphatic carbocycles. The molecule has 2 aromatic heterocycles. The molecule has 0 bridgehead atoms. The van der Waals surface area contributed by atoms with E-state index in [4.69, 9.17) is 27.9 Å². The van der Waals surface area contributed by atoms with E-state index in [9.17, 15) is 19.2 Å². The Bertz CT molecular complexity index is 2440. The fraction of sp³-hybridized carbons (Fsp3) is 0.413. The van der Waals surface area contributed by atoms with E-state index >= 15 is 0 Å². The molecule has 3 aliphatic heterocycles. The number of nitrogens with one attached hydrogen (secondary N) is 3. The Kier molecular flexibility index (Phi) is 12.8. The second-order valence-electron chi connectivity index (χ2n) is 16.9. The molecule has 4 amide bonds. The molecule has 5 aromatic rings. The van der Waals surface area contributed by atoms with Crippen LogP contribution in [-0.2, 0) is 14.4 Å². The second-order valence-corrected chi connectivity index (χ2v) is 17.7. The molecular weight excluding hydrogens is 843 g/mol. The number of hydrogen-bond acceptors (Lipinski definition) is 11. The van der Waals surface area contributed by atoms with Crippen LogP contribution in [0.15, 0.2) is 79.4 Å². The molecule has 9 rings (SSSR count). The number of ether oxygens (including phenoxy) is 1. The minimum Gasteiger partial charge on any atom is -0.484 e. The number of halogens is 2. The average molecular weight is 894 g/mol. The molecule has 63 heavy (non-hydrogen) atoms. The second kappa shape index (κ2) is 18.9. The lowest BCUT2D eigenvalue weighted by molar-refractivity contribution is -0.135. The van der Waals surface area contributed by atoms with Crippen LogP contribution in [0.25, 0.3) is 11.2 Å². The van der Waals surface area contributed by atoms with Gasteiger partial charge in [0.2, 0.25) is 11.8 Å². The number of likely N-dealkylation sites (tertiary alicyclic amines) is 1. The van der Waals surface area contributed by atoms with E-state index in [-0.39, 0.29) is 48.2 Å². The molecule has 3 saturated heterocycles. The first kappa shape index (κ1) is 42.5. The van der Waals surface area contributed by atoms with E-state index in [0.29, 0.717) is 51.5 Å². The number of imide groups is 1. The van der Waals surface area contributed by atoms with Crippen LogP contribution in [0.4, 0.5) is 17.2 Å². The summed E-state index contributed by atoms with van der Waals surface area (Å²) in [5.74, 6) is 0.697. The highest BCUT2D eigenvalue weighted by atomic mass is 35.5. The van der Waals surface area contributed by atoms with Crippen molar-refractivity contribution in [1.82, 2.24) is 40.0 Å². The van der Waals surface area contributed by atoms with Crippen LogP contribution in [-0.4, -0.2) is 111 Å². The van der Waals surface area contributed by atoms with Crippen molar-refractivity contribution in [2.45, 2.75) is 62.9 Å². The first-order valence-electron chi connectivity index (χ1n) is 21.8. The predicted molar refractivity (Wildman–Crippen MR) is 241 cm³/mol. The summed E-state index contributed by atoms with van der Waals surface area (Å²) in [7, 11) is 0. The molecule has 5 heterocycles. The SMILES string of the molecule is O=C1CCC(c2ccc(OCC(=O)N3CCC(CCN4CCN(c5ccc(Nc6ncnc7c6ncn7C6CC(NC(=O)c7c(Cl)cccc7Cl)C6)cc5)CC4)CC3)cc2)C(=O)N1. The zero-order valence-electron chi connectivity index (χ0n) is 34.8. The van der Waals surface area contributed by atoms with Crippen molar-refractivity contribution >= 4 is 75.2 Å². The third-order valence-electron chi connectivity index (χ3n) is 13.0. The maximum atomic E-state index is 13.0. The van der Waals surface area contributed by atoms with Crippen molar-refractivity contribution in [2.24, 2.45) is 5.92 Å². The molecule has 0 radical (unpaired) electrons. The van der Waals surface area contributed by atoms with E-state index in [2.05, 4.69) is 69.5 Å². The number of nitrogens with zero attached hydrogens (tertiary/aromatic N) is 7. The molecular formula is C46H50Cl2N10O5. The maximum Gasteiger partial charge on any atom is 0.260 e.